The van der Waals surface area contributed by atoms with Gasteiger partial charge in [-0.15, -0.1) is 0 Å². The molecule has 244 valence electrons. The molecule has 0 aliphatic carbocycles. The fourth-order valence-corrected chi connectivity index (χ4v) is 5.65. The van der Waals surface area contributed by atoms with Crippen molar-refractivity contribution in [2.24, 2.45) is 0 Å². The minimum atomic E-state index is -3.67. The third-order valence-corrected chi connectivity index (χ3v) is 10.1. The van der Waals surface area contributed by atoms with Gasteiger partial charge in [-0.2, -0.15) is 10.5 Å². The Hall–Kier alpha value is -5.09. The highest BCUT2D eigenvalue weighted by Gasteiger charge is 2.22. The number of para-hydroxylation sites is 2. The van der Waals surface area contributed by atoms with E-state index >= 15 is 0 Å². The first-order valence-electron chi connectivity index (χ1n) is 13.4. The van der Waals surface area contributed by atoms with Gasteiger partial charge in [-0.1, -0.05) is 24.3 Å². The highest BCUT2D eigenvalue weighted by atomic mass is 35.5. The van der Waals surface area contributed by atoms with E-state index in [4.69, 9.17) is 27.9 Å². The number of amides is 1. The summed E-state index contributed by atoms with van der Waals surface area (Å²) < 4.78 is 50.0. The zero-order valence-corrected chi connectivity index (χ0v) is 28.1. The van der Waals surface area contributed by atoms with Crippen molar-refractivity contribution in [3.63, 3.8) is 0 Å². The molecule has 0 aliphatic rings. The first-order chi connectivity index (χ1) is 22.1. The SMILES string of the molecule is CN(C)S(=O)(=O)c1ccccc1N.CN(C)S(=O)(=O)c1ccccc1NC(=O)c1ccc(C#N)cc1.N#Cc1ccc(C(=O)Cl)cc1. The number of sulfonamides is 2. The van der Waals surface area contributed by atoms with Gasteiger partial charge < -0.3 is 11.1 Å². The van der Waals surface area contributed by atoms with Crippen LogP contribution in [0.1, 0.15) is 31.8 Å². The fraction of sp³-hybridized carbons (Fsp3) is 0.125. The number of nitrogens with two attached hydrogens (primary N) is 1. The molecular weight excluding hydrogens is 664 g/mol. The molecule has 1 amide bonds. The zero-order chi connectivity index (χ0) is 35.4. The van der Waals surface area contributed by atoms with Crippen LogP contribution in [0.5, 0.6) is 0 Å². The summed E-state index contributed by atoms with van der Waals surface area (Å²) in [5.74, 6) is -0.448. The molecule has 0 aliphatic heterocycles. The number of carbonyl (C=O) groups is 2. The Morgan fingerprint density at radius 3 is 1.49 bits per heavy atom. The monoisotopic (exact) mass is 694 g/mol. The summed E-state index contributed by atoms with van der Waals surface area (Å²) in [7, 11) is -1.27. The third kappa shape index (κ3) is 10.5. The van der Waals surface area contributed by atoms with Crippen molar-refractivity contribution in [1.82, 2.24) is 8.61 Å². The Morgan fingerprint density at radius 2 is 1.06 bits per heavy atom. The standard InChI is InChI=1S/C16H15N3O3S.C8H4ClNO.C8H12N2O2S/c1-19(2)23(21,22)15-6-4-3-5-14(15)18-16(20)13-9-7-12(11-17)8-10-13;9-8(11)7-3-1-6(5-10)2-4-7;1-10(2)13(11,12)8-6-4-3-5-7(8)9/h3-10H,1-2H3,(H,18,20);1-4H;3-6H,9H2,1-2H3. The Bertz CT molecular complexity index is 2020. The van der Waals surface area contributed by atoms with Gasteiger partial charge in [-0.25, -0.2) is 25.4 Å². The molecule has 4 aromatic rings. The summed E-state index contributed by atoms with van der Waals surface area (Å²) >= 11 is 5.18. The third-order valence-electron chi connectivity index (χ3n) is 6.09. The minimum Gasteiger partial charge on any atom is -0.398 e. The average Bonchev–Trinajstić information content (AvgIpc) is 3.05. The number of nitrogens with one attached hydrogen (secondary N) is 1. The number of nitrogen functional groups attached to an aromatic ring is 1. The summed E-state index contributed by atoms with van der Waals surface area (Å²) in [5.41, 5.74) is 7.72. The van der Waals surface area contributed by atoms with Gasteiger partial charge in [0.15, 0.2) is 0 Å². The molecule has 15 heteroatoms. The van der Waals surface area contributed by atoms with Crippen LogP contribution in [0.25, 0.3) is 0 Å². The van der Waals surface area contributed by atoms with E-state index in [1.54, 1.807) is 42.5 Å². The Labute approximate surface area is 279 Å². The first kappa shape index (κ1) is 38.1. The van der Waals surface area contributed by atoms with Crippen molar-refractivity contribution in [2.75, 3.05) is 39.2 Å². The van der Waals surface area contributed by atoms with Crippen LogP contribution in [-0.2, 0) is 20.0 Å². The van der Waals surface area contributed by atoms with Crippen LogP contribution < -0.4 is 11.1 Å². The molecule has 4 aromatic carbocycles. The van der Waals surface area contributed by atoms with E-state index < -0.39 is 31.2 Å². The predicted molar refractivity (Wildman–Crippen MR) is 179 cm³/mol. The van der Waals surface area contributed by atoms with E-state index in [-0.39, 0.29) is 21.2 Å². The summed E-state index contributed by atoms with van der Waals surface area (Å²) in [4.78, 5) is 23.0. The molecule has 0 fully saturated rings. The smallest absolute Gasteiger partial charge is 0.255 e. The quantitative estimate of drug-likeness (QED) is 0.207. The number of nitriles is 2. The number of hydrogen-bond donors (Lipinski definition) is 2. The number of hydrogen-bond acceptors (Lipinski definition) is 9. The van der Waals surface area contributed by atoms with Gasteiger partial charge in [0.1, 0.15) is 9.79 Å². The Kier molecular flexibility index (Phi) is 13.8. The number of benzene rings is 4. The van der Waals surface area contributed by atoms with Gasteiger partial charge in [0.2, 0.25) is 20.0 Å². The Morgan fingerprint density at radius 1 is 0.660 bits per heavy atom. The molecule has 0 aromatic heterocycles. The summed E-state index contributed by atoms with van der Waals surface area (Å²) in [5, 5.41) is 19.2. The van der Waals surface area contributed by atoms with Crippen molar-refractivity contribution >= 4 is 54.2 Å². The number of nitrogens with zero attached hydrogens (tertiary/aromatic N) is 4. The molecule has 3 N–H and O–H groups in total. The molecular formula is C32H31ClN6O6S2. The summed E-state index contributed by atoms with van der Waals surface area (Å²) in [6.45, 7) is 0. The van der Waals surface area contributed by atoms with Crippen molar-refractivity contribution < 1.29 is 26.4 Å². The maximum atomic E-state index is 12.3. The van der Waals surface area contributed by atoms with E-state index in [0.29, 0.717) is 22.3 Å². The predicted octanol–water partition coefficient (Wildman–Crippen LogP) is 4.52. The normalized spacial score (nSPS) is 10.7. The molecule has 0 radical (unpaired) electrons. The molecule has 4 rings (SSSR count). The van der Waals surface area contributed by atoms with E-state index in [1.807, 2.05) is 12.1 Å². The number of halogens is 1. The van der Waals surface area contributed by atoms with Gasteiger partial charge in [-0.05, 0) is 84.4 Å². The molecule has 0 saturated carbocycles. The zero-order valence-electron chi connectivity index (χ0n) is 25.7. The average molecular weight is 695 g/mol. The van der Waals surface area contributed by atoms with Gasteiger partial charge in [0, 0.05) is 39.3 Å². The maximum absolute atomic E-state index is 12.3. The van der Waals surface area contributed by atoms with Crippen LogP contribution in [0.3, 0.4) is 0 Å². The molecule has 12 nitrogen and oxygen atoms in total. The largest absolute Gasteiger partial charge is 0.398 e. The molecule has 0 atom stereocenters. The summed E-state index contributed by atoms with van der Waals surface area (Å²) in [6, 6.07) is 28.7. The second kappa shape index (κ2) is 17.0. The van der Waals surface area contributed by atoms with Crippen molar-refractivity contribution in [3.05, 3.63) is 119 Å². The van der Waals surface area contributed by atoms with Gasteiger partial charge in [-0.3, -0.25) is 9.59 Å². The number of rotatable bonds is 7. The molecule has 0 heterocycles. The number of anilines is 2. The van der Waals surface area contributed by atoms with Gasteiger partial charge >= 0.3 is 0 Å². The van der Waals surface area contributed by atoms with E-state index in [1.165, 1.54) is 82.8 Å². The van der Waals surface area contributed by atoms with E-state index in [0.717, 1.165) is 8.61 Å². The Balaban J connectivity index is 0.000000270. The van der Waals surface area contributed by atoms with E-state index in [9.17, 15) is 26.4 Å². The topological polar surface area (TPSA) is 195 Å². The van der Waals surface area contributed by atoms with Crippen molar-refractivity contribution in [1.29, 1.82) is 10.5 Å². The first-order valence-corrected chi connectivity index (χ1v) is 16.6. The van der Waals surface area contributed by atoms with Crippen molar-refractivity contribution in [2.45, 2.75) is 9.79 Å². The minimum absolute atomic E-state index is 0.0204. The van der Waals surface area contributed by atoms with E-state index in [2.05, 4.69) is 5.32 Å². The number of carbonyl (C=O) groups excluding carboxylic acids is 2. The molecule has 47 heavy (non-hydrogen) atoms. The van der Waals surface area contributed by atoms with Crippen LogP contribution in [0.2, 0.25) is 0 Å². The van der Waals surface area contributed by atoms with Crippen LogP contribution >= 0.6 is 11.6 Å². The second-order valence-electron chi connectivity index (χ2n) is 9.71. The molecule has 0 unspecified atom stereocenters. The molecule has 0 bridgehead atoms. The lowest BCUT2D eigenvalue weighted by Crippen LogP contribution is -2.24. The lowest BCUT2D eigenvalue weighted by atomic mass is 10.1. The maximum Gasteiger partial charge on any atom is 0.255 e. The van der Waals surface area contributed by atoms with Crippen LogP contribution in [0.4, 0.5) is 11.4 Å². The van der Waals surface area contributed by atoms with Crippen LogP contribution in [0.15, 0.2) is 107 Å². The fourth-order valence-electron chi connectivity index (χ4n) is 3.47. The lowest BCUT2D eigenvalue weighted by Gasteiger charge is -2.15. The van der Waals surface area contributed by atoms with Crippen LogP contribution in [0, 0.1) is 22.7 Å². The molecule has 0 spiro atoms. The van der Waals surface area contributed by atoms with Crippen molar-refractivity contribution in [3.8, 4) is 12.1 Å². The van der Waals surface area contributed by atoms with Gasteiger partial charge in [0.25, 0.3) is 11.1 Å². The van der Waals surface area contributed by atoms with Crippen LogP contribution in [-0.4, -0.2) is 64.8 Å². The highest BCUT2D eigenvalue weighted by molar-refractivity contribution is 7.89. The summed E-state index contributed by atoms with van der Waals surface area (Å²) in [6.07, 6.45) is 0. The second-order valence-corrected chi connectivity index (χ2v) is 14.3. The molecule has 0 saturated heterocycles. The lowest BCUT2D eigenvalue weighted by molar-refractivity contribution is 0.102. The van der Waals surface area contributed by atoms with Gasteiger partial charge in [0.05, 0.1) is 34.6 Å². The highest BCUT2D eigenvalue weighted by Crippen LogP contribution is 2.24.